The molecule has 4 rings (SSSR count). The van der Waals surface area contributed by atoms with Crippen LogP contribution in [0.3, 0.4) is 0 Å². The summed E-state index contributed by atoms with van der Waals surface area (Å²) < 4.78 is 0. The summed E-state index contributed by atoms with van der Waals surface area (Å²) in [6.07, 6.45) is -3.63. The summed E-state index contributed by atoms with van der Waals surface area (Å²) >= 11 is 0. The molecule has 8 nitrogen and oxygen atoms in total. The van der Waals surface area contributed by atoms with E-state index in [2.05, 4.69) is 15.1 Å². The summed E-state index contributed by atoms with van der Waals surface area (Å²) in [7, 11) is 0. The van der Waals surface area contributed by atoms with Crippen LogP contribution >= 0.6 is 0 Å². The lowest BCUT2D eigenvalue weighted by molar-refractivity contribution is -0.153. The molecular formula is C23H24N4O4. The van der Waals surface area contributed by atoms with Crippen LogP contribution in [0.4, 0.5) is 11.4 Å². The second-order valence-electron chi connectivity index (χ2n) is 7.97. The number of carbonyl (C=O) groups is 2. The molecule has 31 heavy (non-hydrogen) atoms. The van der Waals surface area contributed by atoms with Crippen molar-refractivity contribution in [3.8, 4) is 0 Å². The van der Waals surface area contributed by atoms with E-state index in [1.165, 1.54) is 4.90 Å². The van der Waals surface area contributed by atoms with Crippen LogP contribution in [0, 0.1) is 12.5 Å². The Morgan fingerprint density at radius 2 is 1.65 bits per heavy atom. The van der Waals surface area contributed by atoms with Crippen molar-refractivity contribution >= 4 is 23.2 Å². The number of aliphatic hydroxyl groups is 2. The van der Waals surface area contributed by atoms with Gasteiger partial charge < -0.3 is 25.3 Å². The summed E-state index contributed by atoms with van der Waals surface area (Å²) in [6, 6.07) is 15.0. The Balaban J connectivity index is 1.24. The first-order valence-corrected chi connectivity index (χ1v) is 10.2. The van der Waals surface area contributed by atoms with Gasteiger partial charge in [-0.3, -0.25) is 9.59 Å². The van der Waals surface area contributed by atoms with Gasteiger partial charge in [0.25, 0.3) is 11.8 Å². The van der Waals surface area contributed by atoms with Gasteiger partial charge in [0.05, 0.1) is 6.57 Å². The van der Waals surface area contributed by atoms with Crippen molar-refractivity contribution in [1.29, 1.82) is 0 Å². The van der Waals surface area contributed by atoms with E-state index < -0.39 is 24.0 Å². The predicted octanol–water partition coefficient (Wildman–Crippen LogP) is 1.05. The third-order valence-electron chi connectivity index (χ3n) is 5.84. The molecule has 0 aromatic heterocycles. The second kappa shape index (κ2) is 8.76. The average molecular weight is 420 g/mol. The molecule has 2 aromatic rings. The maximum Gasteiger partial charge on any atom is 0.255 e. The number of hydrogen-bond acceptors (Lipinski definition) is 5. The molecule has 2 amide bonds. The average Bonchev–Trinajstić information content (AvgIpc) is 3.20. The zero-order valence-electron chi connectivity index (χ0n) is 16.9. The summed E-state index contributed by atoms with van der Waals surface area (Å²) in [5.74, 6) is -1.27. The summed E-state index contributed by atoms with van der Waals surface area (Å²) in [6.45, 7) is 9.62. The van der Waals surface area contributed by atoms with Crippen molar-refractivity contribution in [1.82, 2.24) is 10.2 Å². The lowest BCUT2D eigenvalue weighted by atomic mass is 9.98. The van der Waals surface area contributed by atoms with E-state index >= 15 is 0 Å². The van der Waals surface area contributed by atoms with E-state index in [0.717, 1.165) is 16.8 Å². The van der Waals surface area contributed by atoms with Gasteiger partial charge in [-0.2, -0.15) is 0 Å². The lowest BCUT2D eigenvalue weighted by Gasteiger charge is -2.42. The minimum atomic E-state index is -1.82. The first-order chi connectivity index (χ1) is 15.0. The highest BCUT2D eigenvalue weighted by molar-refractivity contribution is 5.91. The summed E-state index contributed by atoms with van der Waals surface area (Å²) in [5, 5.41) is 23.0. The number of aliphatic hydroxyl groups excluding tert-OH is 2. The smallest absolute Gasteiger partial charge is 0.255 e. The Kier molecular flexibility index (Phi) is 5.89. The van der Waals surface area contributed by atoms with Crippen molar-refractivity contribution in [2.75, 3.05) is 24.5 Å². The zero-order valence-corrected chi connectivity index (χ0v) is 16.9. The Bertz CT molecular complexity index is 1000. The third kappa shape index (κ3) is 4.24. The Morgan fingerprint density at radius 3 is 2.29 bits per heavy atom. The highest BCUT2D eigenvalue weighted by Crippen LogP contribution is 2.33. The summed E-state index contributed by atoms with van der Waals surface area (Å²) in [5.41, 5.74) is 3.45. The van der Waals surface area contributed by atoms with Gasteiger partial charge in [-0.1, -0.05) is 42.5 Å². The van der Waals surface area contributed by atoms with Crippen molar-refractivity contribution in [2.45, 2.75) is 25.3 Å². The van der Waals surface area contributed by atoms with Crippen molar-refractivity contribution in [3.05, 3.63) is 71.1 Å². The van der Waals surface area contributed by atoms with E-state index in [4.69, 9.17) is 6.57 Å². The monoisotopic (exact) mass is 420 g/mol. The van der Waals surface area contributed by atoms with Gasteiger partial charge in [0, 0.05) is 44.3 Å². The van der Waals surface area contributed by atoms with Gasteiger partial charge in [0.2, 0.25) is 5.69 Å². The number of hydrogen-bond donors (Lipinski definition) is 3. The SMILES string of the molecule is [C-]#[N+]c1ccccc1N1CC(CNC(=O)[C@H](O)[C@@H](O)C(=O)N2Cc3ccccc3C2)C1. The fraction of sp³-hybridized carbons (Fsp3) is 0.348. The molecule has 2 aliphatic heterocycles. The summed E-state index contributed by atoms with van der Waals surface area (Å²) in [4.78, 5) is 31.8. The Labute approximate surface area is 180 Å². The lowest BCUT2D eigenvalue weighted by Crippen LogP contribution is -2.54. The van der Waals surface area contributed by atoms with E-state index in [1.54, 1.807) is 6.07 Å². The first kappa shape index (κ1) is 20.8. The van der Waals surface area contributed by atoms with Gasteiger partial charge in [0.1, 0.15) is 0 Å². The molecule has 0 aliphatic carbocycles. The molecule has 0 spiro atoms. The fourth-order valence-electron chi connectivity index (χ4n) is 4.03. The highest BCUT2D eigenvalue weighted by Gasteiger charge is 2.36. The molecule has 1 fully saturated rings. The van der Waals surface area contributed by atoms with Crippen LogP contribution in [0.15, 0.2) is 48.5 Å². The van der Waals surface area contributed by atoms with E-state index in [1.807, 2.05) is 42.5 Å². The number of anilines is 1. The van der Waals surface area contributed by atoms with E-state index in [0.29, 0.717) is 38.4 Å². The van der Waals surface area contributed by atoms with Gasteiger partial charge in [0.15, 0.2) is 12.2 Å². The number of amides is 2. The number of nitrogens with zero attached hydrogens (tertiary/aromatic N) is 3. The third-order valence-corrected chi connectivity index (χ3v) is 5.84. The molecule has 2 aliphatic rings. The molecule has 160 valence electrons. The van der Waals surface area contributed by atoms with Crippen LogP contribution in [-0.4, -0.2) is 58.8 Å². The number of para-hydroxylation sites is 2. The molecule has 2 aromatic carbocycles. The van der Waals surface area contributed by atoms with Crippen LogP contribution in [-0.2, 0) is 22.7 Å². The minimum Gasteiger partial charge on any atom is -0.380 e. The standard InChI is InChI=1S/C23H24N4O4/c1-24-18-8-4-5-9-19(18)26-11-15(12-26)10-25-22(30)20(28)21(29)23(31)27-13-16-6-2-3-7-17(16)14-27/h2-9,15,20-21,28-29H,10-14H2,(H,25,30)/t20-,21-/m1/s1. The van der Waals surface area contributed by atoms with Crippen LogP contribution < -0.4 is 10.2 Å². The number of benzene rings is 2. The molecule has 8 heteroatoms. The maximum absolute atomic E-state index is 12.5. The maximum atomic E-state index is 12.5. The molecule has 1 saturated heterocycles. The van der Waals surface area contributed by atoms with E-state index in [9.17, 15) is 19.8 Å². The van der Waals surface area contributed by atoms with Gasteiger partial charge in [-0.15, -0.1) is 0 Å². The highest BCUT2D eigenvalue weighted by atomic mass is 16.3. The topological polar surface area (TPSA) is 97.5 Å². The van der Waals surface area contributed by atoms with Crippen molar-refractivity contribution in [3.63, 3.8) is 0 Å². The van der Waals surface area contributed by atoms with Crippen LogP contribution in [0.1, 0.15) is 11.1 Å². The van der Waals surface area contributed by atoms with Crippen LogP contribution in [0.5, 0.6) is 0 Å². The van der Waals surface area contributed by atoms with Crippen molar-refractivity contribution < 1.29 is 19.8 Å². The fourth-order valence-corrected chi connectivity index (χ4v) is 4.03. The van der Waals surface area contributed by atoms with Crippen molar-refractivity contribution in [2.24, 2.45) is 5.92 Å². The number of rotatable bonds is 6. The minimum absolute atomic E-state index is 0.163. The first-order valence-electron chi connectivity index (χ1n) is 10.2. The molecule has 0 saturated carbocycles. The second-order valence-corrected chi connectivity index (χ2v) is 7.97. The zero-order chi connectivity index (χ0) is 22.0. The Hall–Kier alpha value is -3.41. The number of fused-ring (bicyclic) bond motifs is 1. The largest absolute Gasteiger partial charge is 0.380 e. The van der Waals surface area contributed by atoms with E-state index in [-0.39, 0.29) is 5.92 Å². The van der Waals surface area contributed by atoms with Gasteiger partial charge >= 0.3 is 0 Å². The van der Waals surface area contributed by atoms with Crippen LogP contribution in [0.2, 0.25) is 0 Å². The molecule has 3 N–H and O–H groups in total. The molecule has 2 heterocycles. The number of nitrogens with one attached hydrogen (secondary N) is 1. The van der Waals surface area contributed by atoms with Gasteiger partial charge in [-0.05, 0) is 17.2 Å². The number of carbonyl (C=O) groups excluding carboxylic acids is 2. The molecule has 0 bridgehead atoms. The van der Waals surface area contributed by atoms with Crippen LogP contribution in [0.25, 0.3) is 4.85 Å². The normalized spacial score (nSPS) is 17.3. The molecular weight excluding hydrogens is 396 g/mol. The molecule has 0 unspecified atom stereocenters. The predicted molar refractivity (Wildman–Crippen MR) is 114 cm³/mol. The molecule has 2 atom stereocenters. The Morgan fingerprint density at radius 1 is 1.03 bits per heavy atom. The molecule has 0 radical (unpaired) electrons. The quantitative estimate of drug-likeness (QED) is 0.607. The van der Waals surface area contributed by atoms with Gasteiger partial charge in [-0.25, -0.2) is 4.85 Å².